The molecule has 0 radical (unpaired) electrons. The third-order valence-electron chi connectivity index (χ3n) is 5.02. The number of aromatic amines is 1. The second-order valence-electron chi connectivity index (χ2n) is 6.85. The van der Waals surface area contributed by atoms with Gasteiger partial charge in [0.15, 0.2) is 5.65 Å². The first-order chi connectivity index (χ1) is 14.8. The van der Waals surface area contributed by atoms with Crippen LogP contribution in [0.2, 0.25) is 0 Å². The minimum Gasteiger partial charge on any atom is -0.339 e. The van der Waals surface area contributed by atoms with Gasteiger partial charge < -0.3 is 5.32 Å². The van der Waals surface area contributed by atoms with Crippen molar-refractivity contribution in [2.24, 2.45) is 4.99 Å². The zero-order valence-corrected chi connectivity index (χ0v) is 17.2. The van der Waals surface area contributed by atoms with Crippen LogP contribution in [0.15, 0.2) is 65.9 Å². The number of H-pyrrole nitrogens is 1. The van der Waals surface area contributed by atoms with E-state index in [0.717, 1.165) is 47.7 Å². The van der Waals surface area contributed by atoms with Crippen LogP contribution in [0.5, 0.6) is 0 Å². The van der Waals surface area contributed by atoms with Gasteiger partial charge in [0.2, 0.25) is 0 Å². The number of nitrogens with one attached hydrogen (secondary N) is 2. The lowest BCUT2D eigenvalue weighted by Crippen LogP contribution is -2.24. The van der Waals surface area contributed by atoms with Crippen LogP contribution in [0.25, 0.3) is 22.3 Å². The molecule has 7 nitrogen and oxygen atoms in total. The number of hydrogen-bond donors (Lipinski definition) is 2. The van der Waals surface area contributed by atoms with Crippen molar-refractivity contribution in [3.63, 3.8) is 0 Å². The molecule has 4 rings (SSSR count). The smallest absolute Gasteiger partial charge is 0.186 e. The Hall–Kier alpha value is -3.58. The maximum Gasteiger partial charge on any atom is 0.186 e. The van der Waals surface area contributed by atoms with Crippen LogP contribution in [0, 0.1) is 0 Å². The van der Waals surface area contributed by atoms with Crippen molar-refractivity contribution in [2.45, 2.75) is 13.8 Å². The van der Waals surface area contributed by atoms with E-state index in [2.05, 4.69) is 49.2 Å². The summed E-state index contributed by atoms with van der Waals surface area (Å²) in [5.41, 5.74) is 4.41. The van der Waals surface area contributed by atoms with Gasteiger partial charge in [0.05, 0.1) is 16.8 Å². The van der Waals surface area contributed by atoms with Gasteiger partial charge in [0.1, 0.15) is 12.1 Å². The average Bonchev–Trinajstić information content (AvgIpc) is 3.24. The molecule has 0 amide bonds. The number of nitrogens with zero attached hydrogens (tertiary/aromatic N) is 5. The number of rotatable bonds is 8. The van der Waals surface area contributed by atoms with Gasteiger partial charge >= 0.3 is 0 Å². The lowest BCUT2D eigenvalue weighted by atomic mass is 10.1. The van der Waals surface area contributed by atoms with Gasteiger partial charge in [0, 0.05) is 24.0 Å². The van der Waals surface area contributed by atoms with Gasteiger partial charge in [0.25, 0.3) is 0 Å². The zero-order valence-electron chi connectivity index (χ0n) is 17.2. The van der Waals surface area contributed by atoms with Crippen molar-refractivity contribution in [3.8, 4) is 11.3 Å². The second kappa shape index (κ2) is 9.28. The molecular weight excluding hydrogens is 374 g/mol. The van der Waals surface area contributed by atoms with Gasteiger partial charge in [-0.25, -0.2) is 9.97 Å². The van der Waals surface area contributed by atoms with E-state index in [0.29, 0.717) is 11.5 Å². The van der Waals surface area contributed by atoms with Crippen molar-refractivity contribution in [1.29, 1.82) is 0 Å². The molecule has 152 valence electrons. The van der Waals surface area contributed by atoms with Crippen LogP contribution < -0.4 is 5.32 Å². The Labute approximate surface area is 175 Å². The van der Waals surface area contributed by atoms with E-state index in [1.54, 1.807) is 0 Å². The second-order valence-corrected chi connectivity index (χ2v) is 6.85. The third-order valence-corrected chi connectivity index (χ3v) is 5.02. The topological polar surface area (TPSA) is 82.1 Å². The van der Waals surface area contributed by atoms with Gasteiger partial charge in [-0.2, -0.15) is 5.10 Å². The summed E-state index contributed by atoms with van der Waals surface area (Å²) >= 11 is 0. The molecule has 0 atom stereocenters. The molecule has 0 aliphatic carbocycles. The summed E-state index contributed by atoms with van der Waals surface area (Å²) in [5.74, 6) is 0.713. The highest BCUT2D eigenvalue weighted by atomic mass is 15.2. The first kappa shape index (κ1) is 19.7. The number of fused-ring (bicyclic) bond motifs is 1. The van der Waals surface area contributed by atoms with Gasteiger partial charge in [-0.05, 0) is 37.4 Å². The van der Waals surface area contributed by atoms with Crippen molar-refractivity contribution in [2.75, 3.05) is 25.0 Å². The van der Waals surface area contributed by atoms with E-state index in [9.17, 15) is 0 Å². The lowest BCUT2D eigenvalue weighted by molar-refractivity contribution is 0.350. The Kier molecular flexibility index (Phi) is 6.10. The van der Waals surface area contributed by atoms with Crippen LogP contribution >= 0.6 is 0 Å². The zero-order chi connectivity index (χ0) is 20.8. The van der Waals surface area contributed by atoms with E-state index in [1.165, 1.54) is 6.33 Å². The highest BCUT2D eigenvalue weighted by Gasteiger charge is 2.14. The molecular formula is C23H25N7. The van der Waals surface area contributed by atoms with E-state index < -0.39 is 0 Å². The number of anilines is 2. The predicted molar refractivity (Wildman–Crippen MR) is 123 cm³/mol. The summed E-state index contributed by atoms with van der Waals surface area (Å²) in [6.45, 7) is 7.22. The number of hydrogen-bond acceptors (Lipinski definition) is 6. The van der Waals surface area contributed by atoms with Crippen LogP contribution in [-0.2, 0) is 0 Å². The number of aromatic nitrogens is 4. The average molecular weight is 400 g/mol. The Bertz CT molecular complexity index is 1110. The molecule has 2 heterocycles. The van der Waals surface area contributed by atoms with Crippen LogP contribution in [0.1, 0.15) is 13.8 Å². The fourth-order valence-electron chi connectivity index (χ4n) is 3.28. The van der Waals surface area contributed by atoms with Crippen LogP contribution in [0.3, 0.4) is 0 Å². The van der Waals surface area contributed by atoms with Crippen molar-refractivity contribution in [1.82, 2.24) is 25.1 Å². The molecule has 0 bridgehead atoms. The van der Waals surface area contributed by atoms with Gasteiger partial charge in [-0.3, -0.25) is 15.0 Å². The lowest BCUT2D eigenvalue weighted by Gasteiger charge is -2.14. The molecule has 0 aliphatic heterocycles. The third kappa shape index (κ3) is 4.36. The molecule has 0 spiro atoms. The molecule has 0 unspecified atom stereocenters. The quantitative estimate of drug-likeness (QED) is 0.416. The molecule has 0 fully saturated rings. The summed E-state index contributed by atoms with van der Waals surface area (Å²) in [6, 6.07) is 18.0. The molecule has 4 aromatic rings. The SMILES string of the molecule is CCN(CC)CC=Nc1ccc(Nc2ncnc3n[nH]c(-c4ccccc4)c23)cc1. The van der Waals surface area contributed by atoms with Gasteiger partial charge in [-0.15, -0.1) is 0 Å². The first-order valence-electron chi connectivity index (χ1n) is 10.1. The maximum absolute atomic E-state index is 4.55. The summed E-state index contributed by atoms with van der Waals surface area (Å²) < 4.78 is 0. The molecule has 0 saturated heterocycles. The highest BCUT2D eigenvalue weighted by molar-refractivity contribution is 5.99. The van der Waals surface area contributed by atoms with Crippen LogP contribution in [-0.4, -0.2) is 50.9 Å². The monoisotopic (exact) mass is 399 g/mol. The summed E-state index contributed by atoms with van der Waals surface area (Å²) in [4.78, 5) is 15.6. The standard InChI is InChI=1S/C23H25N7/c1-3-30(4-2)15-14-24-18-10-12-19(13-11-18)27-22-20-21(17-8-6-5-7-9-17)28-29-23(20)26-16-25-22/h5-14,16H,3-4,15H2,1-2H3,(H2,25,26,27,28,29). The summed E-state index contributed by atoms with van der Waals surface area (Å²) in [6.07, 6.45) is 3.48. The minimum absolute atomic E-state index is 0.629. The Morgan fingerprint density at radius 3 is 2.50 bits per heavy atom. The first-order valence-corrected chi connectivity index (χ1v) is 10.1. The molecule has 2 aromatic heterocycles. The largest absolute Gasteiger partial charge is 0.339 e. The number of aliphatic imine (C=N–C) groups is 1. The Morgan fingerprint density at radius 1 is 1.00 bits per heavy atom. The molecule has 2 aromatic carbocycles. The van der Waals surface area contributed by atoms with Gasteiger partial charge in [-0.1, -0.05) is 44.2 Å². The summed E-state index contributed by atoms with van der Waals surface area (Å²) in [7, 11) is 0. The van der Waals surface area contributed by atoms with Crippen LogP contribution in [0.4, 0.5) is 17.2 Å². The molecule has 0 saturated carbocycles. The Balaban J connectivity index is 1.55. The molecule has 7 heteroatoms. The normalized spacial score (nSPS) is 11.6. The number of benzene rings is 2. The summed E-state index contributed by atoms with van der Waals surface area (Å²) in [5, 5.41) is 11.7. The predicted octanol–water partition coefficient (Wildman–Crippen LogP) is 4.81. The van der Waals surface area contributed by atoms with Crippen molar-refractivity contribution >= 4 is 34.4 Å². The van der Waals surface area contributed by atoms with E-state index in [-0.39, 0.29) is 0 Å². The Morgan fingerprint density at radius 2 is 1.77 bits per heavy atom. The van der Waals surface area contributed by atoms with E-state index in [4.69, 9.17) is 0 Å². The maximum atomic E-state index is 4.55. The molecule has 0 aliphatic rings. The molecule has 2 N–H and O–H groups in total. The fourth-order valence-corrected chi connectivity index (χ4v) is 3.28. The minimum atomic E-state index is 0.629. The van der Waals surface area contributed by atoms with Crippen molar-refractivity contribution in [3.05, 3.63) is 60.9 Å². The fraction of sp³-hybridized carbons (Fsp3) is 0.217. The van der Waals surface area contributed by atoms with E-state index in [1.807, 2.05) is 60.8 Å². The van der Waals surface area contributed by atoms with E-state index >= 15 is 0 Å². The highest BCUT2D eigenvalue weighted by Crippen LogP contribution is 2.31. The molecule has 30 heavy (non-hydrogen) atoms. The van der Waals surface area contributed by atoms with Crippen molar-refractivity contribution < 1.29 is 0 Å².